The summed E-state index contributed by atoms with van der Waals surface area (Å²) in [5.41, 5.74) is 25.1. The van der Waals surface area contributed by atoms with Gasteiger partial charge in [0.15, 0.2) is 0 Å². The molecular weight excluding hydrogens is 596 g/mol. The van der Waals surface area contributed by atoms with Gasteiger partial charge in [0.05, 0.1) is 18.2 Å². The van der Waals surface area contributed by atoms with E-state index in [0.717, 1.165) is 0 Å². The molecule has 3 rings (SSSR count). The SMILES string of the molecule is NCCC[C@@H]1NC(=O)[C@@H](N)Cc2cc(ccc2O)-c2ccc(O)c(c2)CC(C(=O)NCC(O)CNC(=O)[C@@H](N)CCCN)NC1=O. The topological polar surface area (TPSA) is 281 Å². The maximum Gasteiger partial charge on any atom is 0.243 e. The number of aliphatic hydroxyl groups is 1. The number of nitrogens with two attached hydrogens (primary N) is 4. The van der Waals surface area contributed by atoms with Crippen LogP contribution in [0.2, 0.25) is 0 Å². The quantitative estimate of drug-likeness (QED) is 0.116. The largest absolute Gasteiger partial charge is 0.508 e. The smallest absolute Gasteiger partial charge is 0.243 e. The second-order valence-corrected chi connectivity index (χ2v) is 11.4. The zero-order chi connectivity index (χ0) is 33.8. The van der Waals surface area contributed by atoms with Crippen molar-refractivity contribution in [3.05, 3.63) is 47.5 Å². The molecule has 4 bridgehead atoms. The summed E-state index contributed by atoms with van der Waals surface area (Å²) in [6.07, 6.45) is 0.144. The molecule has 0 radical (unpaired) electrons. The van der Waals surface area contributed by atoms with E-state index in [1.807, 2.05) is 0 Å². The maximum absolute atomic E-state index is 13.5. The van der Waals surface area contributed by atoms with E-state index in [1.54, 1.807) is 24.3 Å². The van der Waals surface area contributed by atoms with E-state index in [4.69, 9.17) is 22.9 Å². The van der Waals surface area contributed by atoms with Crippen molar-refractivity contribution >= 4 is 23.6 Å². The van der Waals surface area contributed by atoms with Crippen molar-refractivity contribution in [2.24, 2.45) is 22.9 Å². The first-order valence-corrected chi connectivity index (χ1v) is 15.3. The lowest BCUT2D eigenvalue weighted by molar-refractivity contribution is -0.132. The third-order valence-electron chi connectivity index (χ3n) is 7.74. The highest BCUT2D eigenvalue weighted by atomic mass is 16.3. The molecule has 0 fully saturated rings. The number of hydrogen-bond donors (Lipinski definition) is 11. The molecular formula is C31H46N8O7. The molecule has 15 N–H and O–H groups in total. The Morgan fingerprint density at radius 2 is 1.46 bits per heavy atom. The minimum Gasteiger partial charge on any atom is -0.508 e. The van der Waals surface area contributed by atoms with Crippen LogP contribution in [0.4, 0.5) is 0 Å². The summed E-state index contributed by atoms with van der Waals surface area (Å²) in [6, 6.07) is 5.37. The summed E-state index contributed by atoms with van der Waals surface area (Å²) in [7, 11) is 0. The van der Waals surface area contributed by atoms with Gasteiger partial charge in [-0.25, -0.2) is 0 Å². The number of rotatable bonds is 12. The van der Waals surface area contributed by atoms with Crippen molar-refractivity contribution in [1.82, 2.24) is 21.3 Å². The highest BCUT2D eigenvalue weighted by Crippen LogP contribution is 2.30. The van der Waals surface area contributed by atoms with Crippen molar-refractivity contribution in [3.63, 3.8) is 0 Å². The van der Waals surface area contributed by atoms with Crippen LogP contribution in [0.1, 0.15) is 36.8 Å². The van der Waals surface area contributed by atoms with E-state index in [2.05, 4.69) is 21.3 Å². The predicted molar refractivity (Wildman–Crippen MR) is 171 cm³/mol. The highest BCUT2D eigenvalue weighted by Gasteiger charge is 2.30. The average Bonchev–Trinajstić information content (AvgIpc) is 3.04. The minimum absolute atomic E-state index is 0.0187. The number of aromatic hydroxyl groups is 2. The lowest BCUT2D eigenvalue weighted by Gasteiger charge is -2.25. The van der Waals surface area contributed by atoms with Crippen LogP contribution in [0.25, 0.3) is 11.1 Å². The van der Waals surface area contributed by atoms with Crippen LogP contribution >= 0.6 is 0 Å². The van der Waals surface area contributed by atoms with Crippen molar-refractivity contribution in [1.29, 1.82) is 0 Å². The van der Waals surface area contributed by atoms with Crippen LogP contribution in [0, 0.1) is 0 Å². The summed E-state index contributed by atoms with van der Waals surface area (Å²) in [5, 5.41) is 42.0. The van der Waals surface area contributed by atoms with E-state index in [9.17, 15) is 34.5 Å². The van der Waals surface area contributed by atoms with Gasteiger partial charge in [0.2, 0.25) is 23.6 Å². The van der Waals surface area contributed by atoms with Crippen LogP contribution in [0.15, 0.2) is 36.4 Å². The van der Waals surface area contributed by atoms with Gasteiger partial charge in [-0.05, 0) is 85.3 Å². The molecule has 1 aliphatic heterocycles. The molecule has 4 amide bonds. The number of amides is 4. The molecule has 2 aromatic carbocycles. The lowest BCUT2D eigenvalue weighted by Crippen LogP contribution is -2.57. The number of benzene rings is 2. The molecule has 0 saturated heterocycles. The van der Waals surface area contributed by atoms with E-state index < -0.39 is 53.9 Å². The molecule has 15 nitrogen and oxygen atoms in total. The molecule has 5 atom stereocenters. The van der Waals surface area contributed by atoms with Gasteiger partial charge in [-0.3, -0.25) is 19.2 Å². The number of carbonyl (C=O) groups is 4. The van der Waals surface area contributed by atoms with Crippen LogP contribution in [0.5, 0.6) is 11.5 Å². The third-order valence-corrected chi connectivity index (χ3v) is 7.74. The Labute approximate surface area is 267 Å². The molecule has 252 valence electrons. The second-order valence-electron chi connectivity index (χ2n) is 11.4. The van der Waals surface area contributed by atoms with Gasteiger partial charge >= 0.3 is 0 Å². The fourth-order valence-electron chi connectivity index (χ4n) is 4.99. The van der Waals surface area contributed by atoms with E-state index in [-0.39, 0.29) is 50.4 Å². The van der Waals surface area contributed by atoms with E-state index in [0.29, 0.717) is 48.1 Å². The Morgan fingerprint density at radius 3 is 2.07 bits per heavy atom. The summed E-state index contributed by atoms with van der Waals surface area (Å²) >= 11 is 0. The Balaban J connectivity index is 1.87. The number of fused-ring (bicyclic) bond motifs is 5. The zero-order valence-corrected chi connectivity index (χ0v) is 25.7. The molecule has 0 saturated carbocycles. The fourth-order valence-corrected chi connectivity index (χ4v) is 4.99. The van der Waals surface area contributed by atoms with Gasteiger partial charge in [-0.2, -0.15) is 0 Å². The molecule has 46 heavy (non-hydrogen) atoms. The van der Waals surface area contributed by atoms with Gasteiger partial charge in [0.1, 0.15) is 23.6 Å². The molecule has 1 aliphatic rings. The first kappa shape index (κ1) is 36.2. The van der Waals surface area contributed by atoms with Crippen molar-refractivity contribution in [2.75, 3.05) is 26.2 Å². The second kappa shape index (κ2) is 17.4. The summed E-state index contributed by atoms with van der Waals surface area (Å²) in [5.74, 6) is -2.64. The normalized spacial score (nSPS) is 19.9. The van der Waals surface area contributed by atoms with Crippen molar-refractivity contribution in [2.45, 2.75) is 68.8 Å². The van der Waals surface area contributed by atoms with Crippen molar-refractivity contribution < 1.29 is 34.5 Å². The zero-order valence-electron chi connectivity index (χ0n) is 25.7. The standard InChI is InChI=1S/C31H46N8O7/c32-9-1-3-22(34)28(43)36-15-21(40)16-37-30(45)25-14-20-12-18(6-8-27(20)42)17-5-7-26(41)19(11-17)13-23(35)29(44)38-24(4-2-10-33)31(46)39-25/h5-8,11-12,21-25,40-42H,1-4,9-10,13-16,32-35H2,(H,36,43)(H,37,45)(H,38,44)(H,39,46)/t21?,22-,23-,24-,25?/m0/s1. The van der Waals surface area contributed by atoms with Gasteiger partial charge in [-0.15, -0.1) is 0 Å². The van der Waals surface area contributed by atoms with E-state index >= 15 is 0 Å². The predicted octanol–water partition coefficient (Wildman–Crippen LogP) is -2.44. The average molecular weight is 643 g/mol. The number of aliphatic hydroxyl groups excluding tert-OH is 1. The number of phenols is 2. The molecule has 2 aromatic rings. The van der Waals surface area contributed by atoms with Gasteiger partial charge in [0, 0.05) is 25.9 Å². The van der Waals surface area contributed by atoms with Crippen molar-refractivity contribution in [3.8, 4) is 22.6 Å². The third kappa shape index (κ3) is 10.4. The maximum atomic E-state index is 13.5. The lowest BCUT2D eigenvalue weighted by atomic mass is 9.95. The summed E-state index contributed by atoms with van der Waals surface area (Å²) in [6.45, 7) is 0.176. The highest BCUT2D eigenvalue weighted by molar-refractivity contribution is 5.93. The van der Waals surface area contributed by atoms with Gasteiger partial charge < -0.3 is 59.5 Å². The van der Waals surface area contributed by atoms with E-state index in [1.165, 1.54) is 12.1 Å². The fraction of sp³-hybridized carbons (Fsp3) is 0.484. The number of nitrogens with one attached hydrogen (secondary N) is 4. The number of carbonyl (C=O) groups excluding carboxylic acids is 4. The van der Waals surface area contributed by atoms with Crippen LogP contribution in [-0.4, -0.2) is 95.4 Å². The van der Waals surface area contributed by atoms with Gasteiger partial charge in [-0.1, -0.05) is 12.1 Å². The summed E-state index contributed by atoms with van der Waals surface area (Å²) in [4.78, 5) is 52.1. The molecule has 0 aromatic heterocycles. The number of phenolic OH excluding ortho intramolecular Hbond substituents is 2. The number of hydrogen-bond acceptors (Lipinski definition) is 11. The minimum atomic E-state index is -1.24. The Morgan fingerprint density at radius 1 is 0.870 bits per heavy atom. The van der Waals surface area contributed by atoms with Crippen LogP contribution in [0.3, 0.4) is 0 Å². The van der Waals surface area contributed by atoms with Crippen LogP contribution in [-0.2, 0) is 32.0 Å². The molecule has 0 aliphatic carbocycles. The van der Waals surface area contributed by atoms with Crippen LogP contribution < -0.4 is 44.2 Å². The molecule has 2 unspecified atom stereocenters. The molecule has 0 spiro atoms. The first-order valence-electron chi connectivity index (χ1n) is 15.3. The van der Waals surface area contributed by atoms with Gasteiger partial charge in [0.25, 0.3) is 0 Å². The molecule has 15 heteroatoms. The molecule has 1 heterocycles. The first-order chi connectivity index (χ1) is 21.9. The Bertz CT molecular complexity index is 1370. The Hall–Kier alpha value is -4.28. The summed E-state index contributed by atoms with van der Waals surface area (Å²) < 4.78 is 0. The monoisotopic (exact) mass is 642 g/mol. The Kier molecular flexibility index (Phi) is 13.7.